The molecular weight excluding hydrogens is 336 g/mol. The lowest BCUT2D eigenvalue weighted by molar-refractivity contribution is 0.955. The zero-order valence-electron chi connectivity index (χ0n) is 11.0. The molecule has 4 heteroatoms. The summed E-state index contributed by atoms with van der Waals surface area (Å²) in [5.41, 5.74) is 3.58. The third-order valence-electron chi connectivity index (χ3n) is 3.38. The number of fused-ring (bicyclic) bond motifs is 1. The predicted octanol–water partition coefficient (Wildman–Crippen LogP) is 5.21. The fourth-order valence-corrected chi connectivity index (χ4v) is 3.21. The highest BCUT2D eigenvalue weighted by Gasteiger charge is 2.06. The van der Waals surface area contributed by atoms with Gasteiger partial charge in [0.15, 0.2) is 0 Å². The molecule has 1 aromatic heterocycles. The van der Waals surface area contributed by atoms with Crippen LogP contribution in [0, 0.1) is 0 Å². The number of aryl methyl sites for hydroxylation is 1. The average molecular weight is 350 g/mol. The molecule has 0 aliphatic rings. The summed E-state index contributed by atoms with van der Waals surface area (Å²) in [4.78, 5) is 0. The summed E-state index contributed by atoms with van der Waals surface area (Å²) in [6.45, 7) is 0.779. The maximum Gasteiger partial charge on any atom is 0.0488 e. The van der Waals surface area contributed by atoms with Crippen LogP contribution in [0.3, 0.4) is 0 Å². The van der Waals surface area contributed by atoms with Gasteiger partial charge in [-0.15, -0.1) is 0 Å². The van der Waals surface area contributed by atoms with Gasteiger partial charge >= 0.3 is 0 Å². The maximum absolute atomic E-state index is 5.95. The number of aromatic nitrogens is 1. The summed E-state index contributed by atoms with van der Waals surface area (Å²) < 4.78 is 3.13. The summed E-state index contributed by atoms with van der Waals surface area (Å²) >= 11 is 9.48. The Morgan fingerprint density at radius 2 is 2.00 bits per heavy atom. The standard InChI is InChI=1S/C16H14BrClN2/c1-20-10-11(13-4-2-3-5-16(13)20)9-19-15-7-6-12(18)8-14(15)17/h2-8,10,19H,9H2,1H3. The number of nitrogens with zero attached hydrogens (tertiary/aromatic N) is 1. The van der Waals surface area contributed by atoms with Gasteiger partial charge in [-0.3, -0.25) is 0 Å². The molecule has 0 aliphatic carbocycles. The molecule has 20 heavy (non-hydrogen) atoms. The van der Waals surface area contributed by atoms with Crippen molar-refractivity contribution in [2.24, 2.45) is 7.05 Å². The van der Waals surface area contributed by atoms with Crippen LogP contribution in [-0.4, -0.2) is 4.57 Å². The molecule has 0 atom stereocenters. The Kier molecular flexibility index (Phi) is 3.72. The molecule has 3 rings (SSSR count). The van der Waals surface area contributed by atoms with Gasteiger partial charge in [-0.1, -0.05) is 29.8 Å². The first-order chi connectivity index (χ1) is 9.65. The minimum atomic E-state index is 0.729. The molecule has 102 valence electrons. The normalized spacial score (nSPS) is 10.9. The largest absolute Gasteiger partial charge is 0.380 e. The summed E-state index contributed by atoms with van der Waals surface area (Å²) in [6, 6.07) is 14.2. The van der Waals surface area contributed by atoms with Gasteiger partial charge in [-0.05, 0) is 45.8 Å². The fraction of sp³-hybridized carbons (Fsp3) is 0.125. The SMILES string of the molecule is Cn1cc(CNc2ccc(Cl)cc2Br)c2ccccc21. The number of nitrogens with one attached hydrogen (secondary N) is 1. The molecule has 3 aromatic rings. The number of anilines is 1. The minimum absolute atomic E-state index is 0.729. The molecule has 0 saturated heterocycles. The van der Waals surface area contributed by atoms with Crippen LogP contribution >= 0.6 is 27.5 Å². The second-order valence-electron chi connectivity index (χ2n) is 4.76. The van der Waals surface area contributed by atoms with Crippen molar-refractivity contribution in [2.45, 2.75) is 6.54 Å². The van der Waals surface area contributed by atoms with Crippen molar-refractivity contribution < 1.29 is 0 Å². The number of hydrogen-bond acceptors (Lipinski definition) is 1. The van der Waals surface area contributed by atoms with E-state index in [1.54, 1.807) is 0 Å². The second kappa shape index (κ2) is 5.51. The molecule has 2 aromatic carbocycles. The first-order valence-corrected chi connectivity index (χ1v) is 7.54. The molecular formula is C16H14BrClN2. The highest BCUT2D eigenvalue weighted by atomic mass is 79.9. The fourth-order valence-electron chi connectivity index (χ4n) is 2.39. The molecule has 0 amide bonds. The van der Waals surface area contributed by atoms with Gasteiger partial charge in [-0.25, -0.2) is 0 Å². The minimum Gasteiger partial charge on any atom is -0.380 e. The summed E-state index contributed by atoms with van der Waals surface area (Å²) in [7, 11) is 2.07. The molecule has 0 saturated carbocycles. The van der Waals surface area contributed by atoms with E-state index in [1.165, 1.54) is 16.5 Å². The second-order valence-corrected chi connectivity index (χ2v) is 6.05. The van der Waals surface area contributed by atoms with Gasteiger partial charge in [0.25, 0.3) is 0 Å². The van der Waals surface area contributed by atoms with Crippen LogP contribution in [0.25, 0.3) is 10.9 Å². The Labute approximate surface area is 131 Å². The zero-order valence-corrected chi connectivity index (χ0v) is 13.4. The molecule has 1 N–H and O–H groups in total. The van der Waals surface area contributed by atoms with Crippen LogP contribution in [0.15, 0.2) is 53.1 Å². The number of halogens is 2. The van der Waals surface area contributed by atoms with E-state index in [9.17, 15) is 0 Å². The van der Waals surface area contributed by atoms with E-state index in [1.807, 2.05) is 18.2 Å². The van der Waals surface area contributed by atoms with Crippen LogP contribution < -0.4 is 5.32 Å². The molecule has 0 fully saturated rings. The van der Waals surface area contributed by atoms with E-state index < -0.39 is 0 Å². The number of rotatable bonds is 3. The van der Waals surface area contributed by atoms with Crippen LogP contribution in [0.4, 0.5) is 5.69 Å². The summed E-state index contributed by atoms with van der Waals surface area (Å²) in [5, 5.41) is 5.46. The lowest BCUT2D eigenvalue weighted by Gasteiger charge is -2.08. The van der Waals surface area contributed by atoms with E-state index in [0.717, 1.165) is 21.7 Å². The van der Waals surface area contributed by atoms with Gasteiger partial charge in [0.05, 0.1) is 0 Å². The first kappa shape index (κ1) is 13.5. The van der Waals surface area contributed by atoms with Crippen molar-refractivity contribution in [3.05, 3.63) is 63.7 Å². The summed E-state index contributed by atoms with van der Waals surface area (Å²) in [6.07, 6.45) is 2.17. The first-order valence-electron chi connectivity index (χ1n) is 6.37. The van der Waals surface area contributed by atoms with E-state index in [4.69, 9.17) is 11.6 Å². The Hall–Kier alpha value is -1.45. The monoisotopic (exact) mass is 348 g/mol. The molecule has 0 bridgehead atoms. The van der Waals surface area contributed by atoms with Gasteiger partial charge < -0.3 is 9.88 Å². The average Bonchev–Trinajstić information content (AvgIpc) is 2.75. The van der Waals surface area contributed by atoms with E-state index in [-0.39, 0.29) is 0 Å². The molecule has 0 radical (unpaired) electrons. The van der Waals surface area contributed by atoms with Crippen molar-refractivity contribution in [1.29, 1.82) is 0 Å². The Morgan fingerprint density at radius 3 is 2.80 bits per heavy atom. The van der Waals surface area contributed by atoms with E-state index in [0.29, 0.717) is 0 Å². The van der Waals surface area contributed by atoms with Gasteiger partial charge in [-0.2, -0.15) is 0 Å². The molecule has 1 heterocycles. The smallest absolute Gasteiger partial charge is 0.0488 e. The molecule has 0 aliphatic heterocycles. The van der Waals surface area contributed by atoms with E-state index in [2.05, 4.69) is 63.3 Å². The predicted molar refractivity (Wildman–Crippen MR) is 89.4 cm³/mol. The number of hydrogen-bond donors (Lipinski definition) is 1. The van der Waals surface area contributed by atoms with Crippen LogP contribution in [0.2, 0.25) is 5.02 Å². The Balaban J connectivity index is 1.87. The molecule has 0 unspecified atom stereocenters. The lowest BCUT2D eigenvalue weighted by Crippen LogP contribution is -1.99. The van der Waals surface area contributed by atoms with Crippen molar-refractivity contribution in [1.82, 2.24) is 4.57 Å². The third-order valence-corrected chi connectivity index (χ3v) is 4.27. The topological polar surface area (TPSA) is 17.0 Å². The highest BCUT2D eigenvalue weighted by Crippen LogP contribution is 2.27. The zero-order chi connectivity index (χ0) is 14.1. The van der Waals surface area contributed by atoms with Crippen LogP contribution in [0.5, 0.6) is 0 Å². The van der Waals surface area contributed by atoms with Crippen molar-refractivity contribution >= 4 is 44.1 Å². The number of benzene rings is 2. The van der Waals surface area contributed by atoms with Gasteiger partial charge in [0.2, 0.25) is 0 Å². The Bertz CT molecular complexity index is 764. The lowest BCUT2D eigenvalue weighted by atomic mass is 10.2. The Morgan fingerprint density at radius 1 is 1.20 bits per heavy atom. The molecule has 2 nitrogen and oxygen atoms in total. The van der Waals surface area contributed by atoms with Crippen LogP contribution in [-0.2, 0) is 13.6 Å². The highest BCUT2D eigenvalue weighted by molar-refractivity contribution is 9.10. The van der Waals surface area contributed by atoms with Crippen LogP contribution in [0.1, 0.15) is 5.56 Å². The van der Waals surface area contributed by atoms with Crippen molar-refractivity contribution in [3.63, 3.8) is 0 Å². The van der Waals surface area contributed by atoms with Gasteiger partial charge in [0.1, 0.15) is 0 Å². The molecule has 0 spiro atoms. The van der Waals surface area contributed by atoms with Crippen molar-refractivity contribution in [2.75, 3.05) is 5.32 Å². The van der Waals surface area contributed by atoms with E-state index >= 15 is 0 Å². The third kappa shape index (κ3) is 2.56. The number of para-hydroxylation sites is 1. The maximum atomic E-state index is 5.95. The quantitative estimate of drug-likeness (QED) is 0.687. The van der Waals surface area contributed by atoms with Crippen molar-refractivity contribution in [3.8, 4) is 0 Å². The van der Waals surface area contributed by atoms with Gasteiger partial charge in [0, 0.05) is 45.9 Å². The summed E-state index contributed by atoms with van der Waals surface area (Å²) in [5.74, 6) is 0.